The lowest BCUT2D eigenvalue weighted by Crippen LogP contribution is -2.57. The summed E-state index contributed by atoms with van der Waals surface area (Å²) in [5.41, 5.74) is 4.60. The number of aromatic nitrogens is 1. The van der Waals surface area contributed by atoms with E-state index in [2.05, 4.69) is 4.98 Å². The normalized spacial score (nSPS) is 17.7. The number of nitrogens with zero attached hydrogens (tertiary/aromatic N) is 2. The Kier molecular flexibility index (Phi) is 7.51. The molecule has 0 spiro atoms. The molecule has 38 heavy (non-hydrogen) atoms. The molecule has 2 N–H and O–H groups in total. The first kappa shape index (κ1) is 26.0. The van der Waals surface area contributed by atoms with Crippen LogP contribution in [0.15, 0.2) is 91.1 Å². The molecule has 1 aliphatic rings. The number of carbonyl (C=O) groups is 2. The second-order valence-electron chi connectivity index (χ2n) is 9.10. The van der Waals surface area contributed by atoms with Crippen LogP contribution in [0.25, 0.3) is 11.1 Å². The lowest BCUT2D eigenvalue weighted by atomic mass is 9.92. The highest BCUT2D eigenvalue weighted by atomic mass is 35.5. The largest absolute Gasteiger partial charge is 0.508 e. The summed E-state index contributed by atoms with van der Waals surface area (Å²) in [5, 5.41) is 20.7. The standard InChI is InChI=1S/C30H25ClN2O4S/c1-18(34)26-15-8-22(16-32-26)19-4-11-24(12-5-19)33-28(21-6-13-25(35)14-7-21)29(30(33)37)38-17-27(36)20-2-9-23(31)10-3-20/h2-16,27-29,35-36H,17H2,1H3/t27-,28+,29+/m0/s1. The van der Waals surface area contributed by atoms with E-state index in [0.717, 1.165) is 27.9 Å². The van der Waals surface area contributed by atoms with Crippen molar-refractivity contribution in [1.82, 2.24) is 4.98 Å². The van der Waals surface area contributed by atoms with Crippen molar-refractivity contribution < 1.29 is 19.8 Å². The van der Waals surface area contributed by atoms with Gasteiger partial charge in [0.25, 0.3) is 0 Å². The van der Waals surface area contributed by atoms with Gasteiger partial charge in [-0.05, 0) is 59.2 Å². The predicted molar refractivity (Wildman–Crippen MR) is 151 cm³/mol. The molecule has 1 saturated heterocycles. The van der Waals surface area contributed by atoms with Crippen molar-refractivity contribution in [3.8, 4) is 16.9 Å². The minimum Gasteiger partial charge on any atom is -0.508 e. The third-order valence-electron chi connectivity index (χ3n) is 6.57. The quantitative estimate of drug-likeness (QED) is 0.202. The molecule has 1 aliphatic heterocycles. The molecule has 5 rings (SSSR count). The van der Waals surface area contributed by atoms with E-state index in [4.69, 9.17) is 11.6 Å². The van der Waals surface area contributed by atoms with E-state index in [-0.39, 0.29) is 28.7 Å². The van der Waals surface area contributed by atoms with Crippen LogP contribution in [-0.4, -0.2) is 37.9 Å². The van der Waals surface area contributed by atoms with E-state index in [1.807, 2.05) is 42.5 Å². The van der Waals surface area contributed by atoms with E-state index in [9.17, 15) is 19.8 Å². The van der Waals surface area contributed by atoms with Crippen molar-refractivity contribution >= 4 is 40.7 Å². The van der Waals surface area contributed by atoms with Gasteiger partial charge < -0.3 is 15.1 Å². The molecule has 6 nitrogen and oxygen atoms in total. The number of anilines is 1. The van der Waals surface area contributed by atoms with Crippen molar-refractivity contribution in [2.24, 2.45) is 0 Å². The number of halogens is 1. The SMILES string of the molecule is CC(=O)c1ccc(-c2ccc(N3C(=O)[C@H](SC[C@H](O)c4ccc(Cl)cc4)[C@H]3c3ccc(O)cc3)cc2)cn1. The molecule has 0 saturated carbocycles. The third kappa shape index (κ3) is 5.31. The zero-order valence-corrected chi connectivity index (χ0v) is 22.1. The second kappa shape index (κ2) is 11.0. The molecule has 3 aromatic carbocycles. The van der Waals surface area contributed by atoms with Crippen LogP contribution in [0.5, 0.6) is 5.75 Å². The Morgan fingerprint density at radius 1 is 0.974 bits per heavy atom. The Hall–Kier alpha value is -3.65. The van der Waals surface area contributed by atoms with Crippen molar-refractivity contribution in [3.05, 3.63) is 113 Å². The molecule has 0 unspecified atom stereocenters. The molecule has 0 radical (unpaired) electrons. The maximum atomic E-state index is 13.4. The number of aromatic hydroxyl groups is 1. The monoisotopic (exact) mass is 544 g/mol. The molecule has 4 aromatic rings. The first-order valence-corrected chi connectivity index (χ1v) is 13.5. The molecule has 1 fully saturated rings. The van der Waals surface area contributed by atoms with Crippen LogP contribution in [0, 0.1) is 0 Å². The molecule has 8 heteroatoms. The molecule has 1 aromatic heterocycles. The van der Waals surface area contributed by atoms with Crippen LogP contribution in [0.1, 0.15) is 40.7 Å². The number of carbonyl (C=O) groups excluding carboxylic acids is 2. The van der Waals surface area contributed by atoms with Gasteiger partial charge in [-0.25, -0.2) is 0 Å². The van der Waals surface area contributed by atoms with Gasteiger partial charge in [-0.3, -0.25) is 14.6 Å². The Morgan fingerprint density at radius 3 is 2.24 bits per heavy atom. The van der Waals surface area contributed by atoms with E-state index >= 15 is 0 Å². The van der Waals surface area contributed by atoms with E-state index < -0.39 is 6.10 Å². The number of thioether (sulfide) groups is 1. The Bertz CT molecular complexity index is 1440. The second-order valence-corrected chi connectivity index (χ2v) is 10.7. The summed E-state index contributed by atoms with van der Waals surface area (Å²) < 4.78 is 0. The number of rotatable bonds is 8. The van der Waals surface area contributed by atoms with E-state index in [1.54, 1.807) is 53.6 Å². The first-order chi connectivity index (χ1) is 18.3. The average molecular weight is 545 g/mol. The van der Waals surface area contributed by atoms with Gasteiger partial charge in [0.2, 0.25) is 5.91 Å². The first-order valence-electron chi connectivity index (χ1n) is 12.1. The molecule has 2 heterocycles. The summed E-state index contributed by atoms with van der Waals surface area (Å²) in [5.74, 6) is 0.373. The molecular weight excluding hydrogens is 520 g/mol. The summed E-state index contributed by atoms with van der Waals surface area (Å²) in [6, 6.07) is 24.8. The van der Waals surface area contributed by atoms with Crippen LogP contribution in [0.4, 0.5) is 5.69 Å². The number of hydrogen-bond acceptors (Lipinski definition) is 6. The zero-order valence-electron chi connectivity index (χ0n) is 20.5. The van der Waals surface area contributed by atoms with Gasteiger partial charge in [-0.2, -0.15) is 0 Å². The highest BCUT2D eigenvalue weighted by Crippen LogP contribution is 2.46. The average Bonchev–Trinajstić information content (AvgIpc) is 2.93. The minimum absolute atomic E-state index is 0.0448. The van der Waals surface area contributed by atoms with Gasteiger partial charge in [-0.1, -0.05) is 54.1 Å². The molecule has 192 valence electrons. The summed E-state index contributed by atoms with van der Waals surface area (Å²) in [4.78, 5) is 30.9. The maximum absolute atomic E-state index is 13.4. The zero-order chi connectivity index (χ0) is 26.8. The lowest BCUT2D eigenvalue weighted by Gasteiger charge is -2.47. The van der Waals surface area contributed by atoms with Gasteiger partial charge in [-0.15, -0.1) is 11.8 Å². The number of hydrogen-bond donors (Lipinski definition) is 2. The van der Waals surface area contributed by atoms with Crippen LogP contribution < -0.4 is 4.90 Å². The van der Waals surface area contributed by atoms with Gasteiger partial charge in [0.1, 0.15) is 16.7 Å². The number of phenolic OH excluding ortho intramolecular Hbond substituents is 1. The fourth-order valence-electron chi connectivity index (χ4n) is 4.47. The number of pyridine rings is 1. The number of amides is 1. The van der Waals surface area contributed by atoms with Gasteiger partial charge in [0, 0.05) is 35.1 Å². The number of aliphatic hydroxyl groups excluding tert-OH is 1. The number of Topliss-reactive ketones (excluding diaryl/α,β-unsaturated/α-hetero) is 1. The molecular formula is C30H25ClN2O4S. The summed E-state index contributed by atoms with van der Waals surface area (Å²) >= 11 is 7.37. The molecule has 3 atom stereocenters. The summed E-state index contributed by atoms with van der Waals surface area (Å²) in [6.07, 6.45) is 0.931. The highest BCUT2D eigenvalue weighted by Gasteiger charge is 2.49. The summed E-state index contributed by atoms with van der Waals surface area (Å²) in [6.45, 7) is 1.48. The van der Waals surface area contributed by atoms with E-state index in [0.29, 0.717) is 16.5 Å². The number of aliphatic hydroxyl groups is 1. The number of β-lactam (4-membered cyclic amide) rings is 1. The number of phenols is 1. The highest BCUT2D eigenvalue weighted by molar-refractivity contribution is 8.00. The molecule has 0 aliphatic carbocycles. The fraction of sp³-hybridized carbons (Fsp3) is 0.167. The van der Waals surface area contributed by atoms with Crippen molar-refractivity contribution in [3.63, 3.8) is 0 Å². The van der Waals surface area contributed by atoms with Crippen LogP contribution in [-0.2, 0) is 4.79 Å². The van der Waals surface area contributed by atoms with Crippen LogP contribution in [0.3, 0.4) is 0 Å². The van der Waals surface area contributed by atoms with E-state index in [1.165, 1.54) is 18.7 Å². The van der Waals surface area contributed by atoms with Gasteiger partial charge >= 0.3 is 0 Å². The third-order valence-corrected chi connectivity index (χ3v) is 8.15. The Morgan fingerprint density at radius 2 is 1.63 bits per heavy atom. The maximum Gasteiger partial charge on any atom is 0.243 e. The summed E-state index contributed by atoms with van der Waals surface area (Å²) in [7, 11) is 0. The van der Waals surface area contributed by atoms with Crippen LogP contribution in [0.2, 0.25) is 5.02 Å². The lowest BCUT2D eigenvalue weighted by molar-refractivity contribution is -0.123. The number of ketones is 1. The van der Waals surface area contributed by atoms with Crippen molar-refractivity contribution in [2.75, 3.05) is 10.7 Å². The predicted octanol–water partition coefficient (Wildman–Crippen LogP) is 6.23. The number of benzene rings is 3. The van der Waals surface area contributed by atoms with Gasteiger partial charge in [0.05, 0.1) is 12.1 Å². The molecule has 1 amide bonds. The smallest absolute Gasteiger partial charge is 0.243 e. The van der Waals surface area contributed by atoms with Gasteiger partial charge in [0.15, 0.2) is 5.78 Å². The van der Waals surface area contributed by atoms with Crippen LogP contribution >= 0.6 is 23.4 Å². The molecule has 0 bridgehead atoms. The fourth-order valence-corrected chi connectivity index (χ4v) is 5.90. The Balaban J connectivity index is 1.36. The minimum atomic E-state index is -0.734. The Labute approximate surface area is 229 Å². The van der Waals surface area contributed by atoms with Crippen molar-refractivity contribution in [2.45, 2.75) is 24.3 Å². The van der Waals surface area contributed by atoms with Crippen molar-refractivity contribution in [1.29, 1.82) is 0 Å². The topological polar surface area (TPSA) is 90.7 Å².